The highest BCUT2D eigenvalue weighted by Crippen LogP contribution is 2.13. The fourth-order valence-electron chi connectivity index (χ4n) is 1.52. The summed E-state index contributed by atoms with van der Waals surface area (Å²) in [5.41, 5.74) is 1.08. The largest absolute Gasteiger partial charge is 0.466 e. The van der Waals surface area contributed by atoms with E-state index >= 15 is 0 Å². The quantitative estimate of drug-likeness (QED) is 0.592. The highest BCUT2D eigenvalue weighted by molar-refractivity contribution is 5.98. The van der Waals surface area contributed by atoms with Gasteiger partial charge in [0.1, 0.15) is 0 Å². The summed E-state index contributed by atoms with van der Waals surface area (Å²) in [6.07, 6.45) is 0.0259. The fourth-order valence-corrected chi connectivity index (χ4v) is 1.52. The third kappa shape index (κ3) is 6.76. The number of Topliss-reactive ketones (excluding diaryl/α,β-unsaturated/α-hetero) is 1. The van der Waals surface area contributed by atoms with Crippen LogP contribution in [-0.4, -0.2) is 23.9 Å². The molecule has 0 aliphatic heterocycles. The Morgan fingerprint density at radius 1 is 1.18 bits per heavy atom. The molecule has 0 radical (unpaired) electrons. The zero-order valence-corrected chi connectivity index (χ0v) is 11.6. The number of ether oxygens (including phenoxy) is 1. The highest BCUT2D eigenvalue weighted by atomic mass is 16.5. The van der Waals surface area contributed by atoms with Crippen molar-refractivity contribution < 1.29 is 14.3 Å². The molecule has 17 heavy (non-hydrogen) atoms. The Morgan fingerprint density at radius 2 is 1.71 bits per heavy atom. The van der Waals surface area contributed by atoms with Crippen molar-refractivity contribution >= 4 is 11.8 Å². The number of hydrogen-bond donors (Lipinski definition) is 1. The van der Waals surface area contributed by atoms with Crippen LogP contribution >= 0.6 is 0 Å². The van der Waals surface area contributed by atoms with E-state index < -0.39 is 0 Å². The van der Waals surface area contributed by atoms with Gasteiger partial charge >= 0.3 is 5.97 Å². The normalized spacial score (nSPS) is 12.8. The minimum absolute atomic E-state index is 0.0259. The maximum Gasteiger partial charge on any atom is 0.310 e. The van der Waals surface area contributed by atoms with Gasteiger partial charge in [-0.2, -0.15) is 0 Å². The molecule has 0 aromatic heterocycles. The van der Waals surface area contributed by atoms with Crippen molar-refractivity contribution in [1.82, 2.24) is 5.32 Å². The summed E-state index contributed by atoms with van der Waals surface area (Å²) in [6, 6.07) is 0. The number of carbonyl (C=O) groups is 2. The molecular formula is C13H23NO3. The molecule has 0 aliphatic rings. The van der Waals surface area contributed by atoms with Gasteiger partial charge in [0.05, 0.1) is 13.0 Å². The maximum absolute atomic E-state index is 11.5. The van der Waals surface area contributed by atoms with Crippen LogP contribution in [0.5, 0.6) is 0 Å². The second-order valence-corrected chi connectivity index (χ2v) is 5.02. The van der Waals surface area contributed by atoms with Crippen molar-refractivity contribution in [2.24, 2.45) is 0 Å². The summed E-state index contributed by atoms with van der Waals surface area (Å²) in [6.45, 7) is 11.3. The van der Waals surface area contributed by atoms with E-state index in [1.54, 1.807) is 13.8 Å². The number of carbonyl (C=O) groups excluding carboxylic acids is 2. The minimum Gasteiger partial charge on any atom is -0.466 e. The van der Waals surface area contributed by atoms with E-state index in [4.69, 9.17) is 4.74 Å². The summed E-state index contributed by atoms with van der Waals surface area (Å²) < 4.78 is 4.85. The van der Waals surface area contributed by atoms with E-state index in [9.17, 15) is 9.59 Å². The zero-order valence-electron chi connectivity index (χ0n) is 11.6. The lowest BCUT2D eigenvalue weighted by molar-refractivity contribution is -0.142. The van der Waals surface area contributed by atoms with Gasteiger partial charge in [-0.1, -0.05) is 0 Å². The lowest BCUT2D eigenvalue weighted by Gasteiger charge is -2.24. The monoisotopic (exact) mass is 241 g/mol. The molecule has 0 unspecified atom stereocenters. The van der Waals surface area contributed by atoms with Gasteiger partial charge in [-0.25, -0.2) is 0 Å². The molecule has 98 valence electrons. The van der Waals surface area contributed by atoms with Gasteiger partial charge < -0.3 is 10.1 Å². The lowest BCUT2D eigenvalue weighted by Crippen LogP contribution is -2.35. The molecule has 0 aliphatic carbocycles. The third-order valence-electron chi connectivity index (χ3n) is 2.07. The number of allylic oxidation sites excluding steroid dienone is 1. The highest BCUT2D eigenvalue weighted by Gasteiger charge is 2.17. The number of esters is 1. The van der Waals surface area contributed by atoms with E-state index in [0.717, 1.165) is 5.70 Å². The van der Waals surface area contributed by atoms with Gasteiger partial charge in [0.25, 0.3) is 0 Å². The van der Waals surface area contributed by atoms with Crippen LogP contribution in [0.4, 0.5) is 0 Å². The van der Waals surface area contributed by atoms with E-state index in [-0.39, 0.29) is 23.7 Å². The average molecular weight is 241 g/mol. The molecule has 0 amide bonds. The SMILES string of the molecule is CCOC(=O)C/C(C(C)=O)=C(/C)NC(C)(C)C. The zero-order chi connectivity index (χ0) is 13.6. The van der Waals surface area contributed by atoms with E-state index in [2.05, 4.69) is 5.32 Å². The number of nitrogens with one attached hydrogen (secondary N) is 1. The maximum atomic E-state index is 11.5. The van der Waals surface area contributed by atoms with Gasteiger partial charge in [-0.15, -0.1) is 0 Å². The van der Waals surface area contributed by atoms with Crippen molar-refractivity contribution in [1.29, 1.82) is 0 Å². The molecule has 0 saturated heterocycles. The first kappa shape index (κ1) is 15.7. The van der Waals surface area contributed by atoms with Gasteiger partial charge in [-0.3, -0.25) is 9.59 Å². The predicted octanol–water partition coefficient (Wildman–Crippen LogP) is 2.19. The Balaban J connectivity index is 4.89. The van der Waals surface area contributed by atoms with E-state index in [0.29, 0.717) is 12.2 Å². The minimum atomic E-state index is -0.368. The van der Waals surface area contributed by atoms with Crippen molar-refractivity contribution in [3.05, 3.63) is 11.3 Å². The van der Waals surface area contributed by atoms with Gasteiger partial charge in [0, 0.05) is 16.8 Å². The van der Waals surface area contributed by atoms with Gasteiger partial charge in [0.15, 0.2) is 5.78 Å². The molecular weight excluding hydrogens is 218 g/mol. The first-order valence-electron chi connectivity index (χ1n) is 5.82. The van der Waals surface area contributed by atoms with Crippen LogP contribution in [0.2, 0.25) is 0 Å². The van der Waals surface area contributed by atoms with Crippen molar-refractivity contribution in [3.8, 4) is 0 Å². The van der Waals surface area contributed by atoms with Crippen LogP contribution in [0, 0.1) is 0 Å². The standard InChI is InChI=1S/C13H23NO3/c1-7-17-12(16)8-11(10(3)15)9(2)14-13(4,5)6/h14H,7-8H2,1-6H3/b11-9+. The van der Waals surface area contributed by atoms with Crippen molar-refractivity contribution in [2.75, 3.05) is 6.61 Å². The van der Waals surface area contributed by atoms with Crippen LogP contribution in [0.15, 0.2) is 11.3 Å². The van der Waals surface area contributed by atoms with Crippen LogP contribution in [0.25, 0.3) is 0 Å². The summed E-state index contributed by atoms with van der Waals surface area (Å²) >= 11 is 0. The molecule has 0 rings (SSSR count). The second-order valence-electron chi connectivity index (χ2n) is 5.02. The summed E-state index contributed by atoms with van der Waals surface area (Å²) in [4.78, 5) is 22.9. The Labute approximate surface area is 103 Å². The summed E-state index contributed by atoms with van der Waals surface area (Å²) in [5, 5.41) is 3.20. The molecule has 0 fully saturated rings. The van der Waals surface area contributed by atoms with E-state index in [1.165, 1.54) is 6.92 Å². The molecule has 0 saturated carbocycles. The van der Waals surface area contributed by atoms with Crippen LogP contribution in [0.3, 0.4) is 0 Å². The molecule has 0 aromatic rings. The number of rotatable bonds is 5. The third-order valence-corrected chi connectivity index (χ3v) is 2.07. The number of ketones is 1. The first-order chi connectivity index (χ1) is 7.67. The lowest BCUT2D eigenvalue weighted by atomic mass is 10.0. The molecule has 4 nitrogen and oxygen atoms in total. The van der Waals surface area contributed by atoms with E-state index in [1.807, 2.05) is 20.8 Å². The smallest absolute Gasteiger partial charge is 0.310 e. The molecule has 0 aromatic carbocycles. The molecule has 0 atom stereocenters. The Morgan fingerprint density at radius 3 is 2.06 bits per heavy atom. The van der Waals surface area contributed by atoms with Crippen LogP contribution in [0.1, 0.15) is 48.0 Å². The molecule has 4 heteroatoms. The van der Waals surface area contributed by atoms with Crippen LogP contribution in [-0.2, 0) is 14.3 Å². The molecule has 0 bridgehead atoms. The Bertz CT molecular complexity index is 324. The second kappa shape index (κ2) is 6.42. The van der Waals surface area contributed by atoms with Gasteiger partial charge in [0.2, 0.25) is 0 Å². The van der Waals surface area contributed by atoms with Gasteiger partial charge in [-0.05, 0) is 41.5 Å². The predicted molar refractivity (Wildman–Crippen MR) is 67.5 cm³/mol. The first-order valence-corrected chi connectivity index (χ1v) is 5.82. The Kier molecular flexibility index (Phi) is 5.93. The average Bonchev–Trinajstić information content (AvgIpc) is 2.11. The number of hydrogen-bond acceptors (Lipinski definition) is 4. The van der Waals surface area contributed by atoms with Crippen molar-refractivity contribution in [2.45, 2.75) is 53.5 Å². The fraction of sp³-hybridized carbons (Fsp3) is 0.692. The molecule has 1 N–H and O–H groups in total. The Hall–Kier alpha value is -1.32. The van der Waals surface area contributed by atoms with Crippen molar-refractivity contribution in [3.63, 3.8) is 0 Å². The topological polar surface area (TPSA) is 55.4 Å². The molecule has 0 spiro atoms. The summed E-state index contributed by atoms with van der Waals surface area (Å²) in [7, 11) is 0. The molecule has 0 heterocycles. The van der Waals surface area contributed by atoms with Crippen LogP contribution < -0.4 is 5.32 Å². The summed E-state index contributed by atoms with van der Waals surface area (Å²) in [5.74, 6) is -0.472.